The summed E-state index contributed by atoms with van der Waals surface area (Å²) in [7, 11) is 0. The van der Waals surface area contributed by atoms with Gasteiger partial charge in [-0.15, -0.1) is 0 Å². The van der Waals surface area contributed by atoms with Crippen LogP contribution in [0.5, 0.6) is 5.75 Å². The Balaban J connectivity index is 1.29. The fraction of sp³-hybridized carbons (Fsp3) is 0.200. The van der Waals surface area contributed by atoms with E-state index in [9.17, 15) is 4.79 Å². The maximum atomic E-state index is 12.5. The zero-order chi connectivity index (χ0) is 23.2. The van der Waals surface area contributed by atoms with E-state index in [0.29, 0.717) is 28.8 Å². The Bertz CT molecular complexity index is 1130. The monoisotopic (exact) mass is 482 g/mol. The summed E-state index contributed by atoms with van der Waals surface area (Å²) in [6.45, 7) is 2.24. The average Bonchev–Trinajstić information content (AvgIpc) is 3.33. The molecule has 170 valence electrons. The van der Waals surface area contributed by atoms with Crippen LogP contribution in [0.4, 0.5) is 0 Å². The topological polar surface area (TPSA) is 74.8 Å². The molecule has 1 aliphatic rings. The Hall–Kier alpha value is -2.90. The highest BCUT2D eigenvalue weighted by molar-refractivity contribution is 6.31. The lowest BCUT2D eigenvalue weighted by molar-refractivity contribution is -0.122. The number of hydrazine groups is 1. The molecule has 8 heteroatoms. The van der Waals surface area contributed by atoms with Gasteiger partial charge in [-0.05, 0) is 54.8 Å². The third-order valence-corrected chi connectivity index (χ3v) is 6.07. The first-order valence-corrected chi connectivity index (χ1v) is 11.3. The van der Waals surface area contributed by atoms with Crippen LogP contribution < -0.4 is 21.0 Å². The molecule has 0 spiro atoms. The minimum atomic E-state index is -0.395. The number of halogens is 2. The van der Waals surface area contributed by atoms with Crippen molar-refractivity contribution in [3.8, 4) is 5.75 Å². The molecule has 1 aliphatic heterocycles. The van der Waals surface area contributed by atoms with E-state index < -0.39 is 6.04 Å². The predicted octanol–water partition coefficient (Wildman–Crippen LogP) is 5.02. The van der Waals surface area contributed by atoms with Crippen molar-refractivity contribution in [2.24, 2.45) is 5.10 Å². The molecule has 1 amide bonds. The minimum absolute atomic E-state index is 0.000269. The zero-order valence-electron chi connectivity index (χ0n) is 18.0. The molecule has 0 aromatic heterocycles. The predicted molar refractivity (Wildman–Crippen MR) is 131 cm³/mol. The van der Waals surface area contributed by atoms with Crippen molar-refractivity contribution in [2.45, 2.75) is 32.0 Å². The van der Waals surface area contributed by atoms with E-state index in [-0.39, 0.29) is 11.9 Å². The summed E-state index contributed by atoms with van der Waals surface area (Å²) in [5.41, 5.74) is 12.5. The summed E-state index contributed by atoms with van der Waals surface area (Å²) in [6.07, 6.45) is 0.598. The highest BCUT2D eigenvalue weighted by atomic mass is 35.5. The van der Waals surface area contributed by atoms with Crippen molar-refractivity contribution in [3.63, 3.8) is 0 Å². The van der Waals surface area contributed by atoms with E-state index in [1.54, 1.807) is 12.1 Å². The fourth-order valence-corrected chi connectivity index (χ4v) is 3.81. The lowest BCUT2D eigenvalue weighted by Crippen LogP contribution is -2.41. The summed E-state index contributed by atoms with van der Waals surface area (Å²) in [5, 5.41) is 5.55. The Morgan fingerprint density at radius 2 is 1.76 bits per heavy atom. The van der Waals surface area contributed by atoms with Crippen LogP contribution in [-0.4, -0.2) is 17.7 Å². The number of carbonyl (C=O) groups is 1. The van der Waals surface area contributed by atoms with Crippen LogP contribution in [0.3, 0.4) is 0 Å². The molecule has 4 rings (SSSR count). The van der Waals surface area contributed by atoms with Gasteiger partial charge in [0.2, 0.25) is 0 Å². The van der Waals surface area contributed by atoms with Crippen LogP contribution in [0.1, 0.15) is 36.1 Å². The van der Waals surface area contributed by atoms with Crippen molar-refractivity contribution in [2.75, 3.05) is 0 Å². The van der Waals surface area contributed by atoms with Crippen LogP contribution >= 0.6 is 23.2 Å². The highest BCUT2D eigenvalue weighted by Gasteiger charge is 2.30. The largest absolute Gasteiger partial charge is 0.489 e. The van der Waals surface area contributed by atoms with Gasteiger partial charge in [-0.1, -0.05) is 65.7 Å². The summed E-state index contributed by atoms with van der Waals surface area (Å²) in [5.74, 6) is 0.559. The number of ether oxygens (including phenoxy) is 1. The van der Waals surface area contributed by atoms with E-state index in [0.717, 1.165) is 22.4 Å². The fourth-order valence-electron chi connectivity index (χ4n) is 3.49. The van der Waals surface area contributed by atoms with Gasteiger partial charge in [0.05, 0.1) is 5.71 Å². The number of hydrogen-bond acceptors (Lipinski definition) is 5. The zero-order valence-corrected chi connectivity index (χ0v) is 19.5. The van der Waals surface area contributed by atoms with E-state index in [1.807, 2.05) is 67.6 Å². The van der Waals surface area contributed by atoms with Crippen molar-refractivity contribution in [1.29, 1.82) is 0 Å². The molecule has 2 atom stereocenters. The molecular formula is C25H24Cl2N4O2. The normalized spacial score (nSPS) is 18.2. The average molecular weight is 483 g/mol. The van der Waals surface area contributed by atoms with Crippen LogP contribution in [0.2, 0.25) is 10.0 Å². The molecule has 1 heterocycles. The molecule has 3 aromatic carbocycles. The van der Waals surface area contributed by atoms with Gasteiger partial charge in [0.1, 0.15) is 18.4 Å². The second-order valence-corrected chi connectivity index (χ2v) is 8.60. The molecule has 0 aliphatic carbocycles. The van der Waals surface area contributed by atoms with Crippen molar-refractivity contribution in [1.82, 2.24) is 16.3 Å². The minimum Gasteiger partial charge on any atom is -0.489 e. The summed E-state index contributed by atoms with van der Waals surface area (Å²) in [6, 6.07) is 22.3. The maximum absolute atomic E-state index is 12.5. The Kier molecular flexibility index (Phi) is 7.62. The number of rotatable bonds is 7. The number of amides is 1. The molecule has 3 aromatic rings. The molecule has 1 fully saturated rings. The first-order valence-electron chi connectivity index (χ1n) is 10.6. The Labute approximate surface area is 202 Å². The van der Waals surface area contributed by atoms with Crippen molar-refractivity contribution in [3.05, 3.63) is 99.5 Å². The first kappa shape index (κ1) is 23.3. The second kappa shape index (κ2) is 10.8. The van der Waals surface area contributed by atoms with E-state index in [4.69, 9.17) is 27.9 Å². The van der Waals surface area contributed by atoms with Gasteiger partial charge in [0.25, 0.3) is 5.91 Å². The number of benzene rings is 3. The van der Waals surface area contributed by atoms with Gasteiger partial charge in [-0.3, -0.25) is 4.79 Å². The Morgan fingerprint density at radius 1 is 1.03 bits per heavy atom. The number of carbonyl (C=O) groups excluding carboxylic acids is 1. The quantitative estimate of drug-likeness (QED) is 0.326. The van der Waals surface area contributed by atoms with Gasteiger partial charge in [0.15, 0.2) is 0 Å². The SMILES string of the molecule is C/C(=N\NC(=O)C1CC(c2ccc(OCc3ccccc3Cl)cc2)NN1)c1ccc(Cl)cc1. The van der Waals surface area contributed by atoms with E-state index in [2.05, 4.69) is 21.4 Å². The highest BCUT2D eigenvalue weighted by Crippen LogP contribution is 2.25. The summed E-state index contributed by atoms with van der Waals surface area (Å²) in [4.78, 5) is 12.5. The first-order chi connectivity index (χ1) is 16.0. The smallest absolute Gasteiger partial charge is 0.258 e. The van der Waals surface area contributed by atoms with Crippen LogP contribution in [0, 0.1) is 0 Å². The van der Waals surface area contributed by atoms with Gasteiger partial charge in [0, 0.05) is 21.7 Å². The molecule has 0 saturated carbocycles. The molecule has 2 unspecified atom stereocenters. The van der Waals surface area contributed by atoms with Gasteiger partial charge < -0.3 is 4.74 Å². The van der Waals surface area contributed by atoms with Gasteiger partial charge >= 0.3 is 0 Å². The third-order valence-electron chi connectivity index (χ3n) is 5.45. The maximum Gasteiger partial charge on any atom is 0.258 e. The molecule has 3 N–H and O–H groups in total. The van der Waals surface area contributed by atoms with E-state index >= 15 is 0 Å². The van der Waals surface area contributed by atoms with Gasteiger partial charge in [-0.2, -0.15) is 5.10 Å². The molecule has 6 nitrogen and oxygen atoms in total. The van der Waals surface area contributed by atoms with Crippen LogP contribution in [0.25, 0.3) is 0 Å². The molecule has 33 heavy (non-hydrogen) atoms. The summed E-state index contributed by atoms with van der Waals surface area (Å²) >= 11 is 12.1. The standard InChI is InChI=1S/C25H24Cl2N4O2/c1-16(17-6-10-20(26)11-7-17)28-31-25(32)24-14-23(29-30-24)18-8-12-21(13-9-18)33-15-19-4-2-3-5-22(19)27/h2-13,23-24,29-30H,14-15H2,1H3,(H,31,32)/b28-16+. The van der Waals surface area contributed by atoms with Crippen LogP contribution in [-0.2, 0) is 11.4 Å². The number of nitrogens with zero attached hydrogens (tertiary/aromatic N) is 1. The lowest BCUT2D eigenvalue weighted by Gasteiger charge is -2.12. The third kappa shape index (κ3) is 6.12. The molecule has 0 bridgehead atoms. The molecular weight excluding hydrogens is 459 g/mol. The Morgan fingerprint density at radius 3 is 2.48 bits per heavy atom. The second-order valence-electron chi connectivity index (χ2n) is 7.76. The van der Waals surface area contributed by atoms with Gasteiger partial charge in [-0.25, -0.2) is 16.3 Å². The van der Waals surface area contributed by atoms with E-state index in [1.165, 1.54) is 0 Å². The number of hydrogen-bond donors (Lipinski definition) is 3. The summed E-state index contributed by atoms with van der Waals surface area (Å²) < 4.78 is 5.84. The van der Waals surface area contributed by atoms with Crippen molar-refractivity contribution < 1.29 is 9.53 Å². The molecule has 0 radical (unpaired) electrons. The van der Waals surface area contributed by atoms with Crippen LogP contribution in [0.15, 0.2) is 77.9 Å². The lowest BCUT2D eigenvalue weighted by atomic mass is 10.0. The van der Waals surface area contributed by atoms with Crippen molar-refractivity contribution >= 4 is 34.8 Å². The molecule has 1 saturated heterocycles. The number of nitrogens with one attached hydrogen (secondary N) is 3. The number of hydrazone groups is 1.